The molecule has 148 valence electrons. The topological polar surface area (TPSA) is 72.2 Å². The van der Waals surface area contributed by atoms with Crippen molar-refractivity contribution in [2.45, 2.75) is 37.6 Å². The molecule has 0 bridgehead atoms. The van der Waals surface area contributed by atoms with Crippen LogP contribution in [0.3, 0.4) is 0 Å². The molecule has 1 aliphatic rings. The number of benzene rings is 2. The SMILES string of the molecule is NCC1CC(c2ccccc2)CCC1NC(=O)C(=O)Cc1ccc(Cl)c(F)c1. The molecular formula is C22H24ClFN2O2. The average molecular weight is 403 g/mol. The molecule has 3 unspecified atom stereocenters. The van der Waals surface area contributed by atoms with E-state index in [0.29, 0.717) is 18.0 Å². The molecule has 2 aromatic carbocycles. The number of hydrogen-bond acceptors (Lipinski definition) is 3. The van der Waals surface area contributed by atoms with Gasteiger partial charge in [-0.3, -0.25) is 9.59 Å². The third kappa shape index (κ3) is 4.97. The highest BCUT2D eigenvalue weighted by atomic mass is 35.5. The van der Waals surface area contributed by atoms with E-state index < -0.39 is 17.5 Å². The van der Waals surface area contributed by atoms with Gasteiger partial charge in [-0.15, -0.1) is 0 Å². The largest absolute Gasteiger partial charge is 0.346 e. The second-order valence-corrected chi connectivity index (χ2v) is 7.75. The van der Waals surface area contributed by atoms with Crippen molar-refractivity contribution in [1.29, 1.82) is 0 Å². The van der Waals surface area contributed by atoms with Gasteiger partial charge in [0, 0.05) is 12.5 Å². The summed E-state index contributed by atoms with van der Waals surface area (Å²) in [7, 11) is 0. The third-order valence-electron chi connectivity index (χ3n) is 5.47. The van der Waals surface area contributed by atoms with Crippen LogP contribution < -0.4 is 11.1 Å². The van der Waals surface area contributed by atoms with Crippen LogP contribution in [-0.2, 0) is 16.0 Å². The number of carbonyl (C=O) groups is 2. The molecule has 0 spiro atoms. The average Bonchev–Trinajstić information content (AvgIpc) is 2.71. The molecule has 4 nitrogen and oxygen atoms in total. The number of rotatable bonds is 6. The van der Waals surface area contributed by atoms with Crippen molar-refractivity contribution < 1.29 is 14.0 Å². The predicted molar refractivity (Wildman–Crippen MR) is 108 cm³/mol. The van der Waals surface area contributed by atoms with E-state index in [1.807, 2.05) is 18.2 Å². The van der Waals surface area contributed by atoms with Crippen molar-refractivity contribution in [2.24, 2.45) is 11.7 Å². The fourth-order valence-electron chi connectivity index (χ4n) is 3.91. The fourth-order valence-corrected chi connectivity index (χ4v) is 4.02. The normalized spacial score (nSPS) is 21.9. The lowest BCUT2D eigenvalue weighted by Gasteiger charge is -2.36. The number of halogens is 2. The summed E-state index contributed by atoms with van der Waals surface area (Å²) in [5.41, 5.74) is 7.66. The maximum Gasteiger partial charge on any atom is 0.287 e. The number of ketones is 1. The van der Waals surface area contributed by atoms with Crippen LogP contribution in [0.1, 0.15) is 36.3 Å². The molecule has 0 aromatic heterocycles. The van der Waals surface area contributed by atoms with Crippen molar-refractivity contribution in [2.75, 3.05) is 6.54 Å². The summed E-state index contributed by atoms with van der Waals surface area (Å²) < 4.78 is 13.5. The zero-order valence-corrected chi connectivity index (χ0v) is 16.3. The lowest BCUT2D eigenvalue weighted by atomic mass is 9.75. The van der Waals surface area contributed by atoms with Crippen molar-refractivity contribution in [3.05, 3.63) is 70.5 Å². The number of nitrogens with one attached hydrogen (secondary N) is 1. The maximum atomic E-state index is 13.5. The summed E-state index contributed by atoms with van der Waals surface area (Å²) in [6.07, 6.45) is 2.42. The molecule has 3 N–H and O–H groups in total. The second kappa shape index (κ2) is 9.30. The van der Waals surface area contributed by atoms with E-state index in [-0.39, 0.29) is 23.4 Å². The maximum absolute atomic E-state index is 13.5. The first kappa shape index (κ1) is 20.5. The molecule has 3 atom stereocenters. The Bertz CT molecular complexity index is 844. The van der Waals surface area contributed by atoms with Gasteiger partial charge in [-0.05, 0) is 60.9 Å². The van der Waals surface area contributed by atoms with Crippen molar-refractivity contribution in [3.63, 3.8) is 0 Å². The quantitative estimate of drug-likeness (QED) is 0.725. The van der Waals surface area contributed by atoms with Crippen molar-refractivity contribution in [1.82, 2.24) is 5.32 Å². The van der Waals surface area contributed by atoms with Crippen molar-refractivity contribution >= 4 is 23.3 Å². The second-order valence-electron chi connectivity index (χ2n) is 7.34. The Balaban J connectivity index is 1.58. The van der Waals surface area contributed by atoms with Crippen LogP contribution >= 0.6 is 11.6 Å². The lowest BCUT2D eigenvalue weighted by Crippen LogP contribution is -2.48. The molecule has 0 heterocycles. The van der Waals surface area contributed by atoms with Gasteiger partial charge in [0.25, 0.3) is 5.91 Å². The molecule has 1 amide bonds. The minimum absolute atomic E-state index is 0.0124. The van der Waals surface area contributed by atoms with Crippen LogP contribution in [0.2, 0.25) is 5.02 Å². The monoisotopic (exact) mass is 402 g/mol. The van der Waals surface area contributed by atoms with Crippen LogP contribution in [0.5, 0.6) is 0 Å². The van der Waals surface area contributed by atoms with Gasteiger partial charge in [-0.25, -0.2) is 4.39 Å². The first-order valence-corrected chi connectivity index (χ1v) is 9.88. The van der Waals surface area contributed by atoms with Gasteiger partial charge in [0.1, 0.15) is 5.82 Å². The summed E-state index contributed by atoms with van der Waals surface area (Å²) in [4.78, 5) is 24.6. The van der Waals surface area contributed by atoms with E-state index in [1.54, 1.807) is 6.07 Å². The minimum atomic E-state index is -0.642. The van der Waals surface area contributed by atoms with Gasteiger partial charge in [0.05, 0.1) is 5.02 Å². The Morgan fingerprint density at radius 3 is 2.57 bits per heavy atom. The van der Waals surface area contributed by atoms with E-state index >= 15 is 0 Å². The first-order valence-electron chi connectivity index (χ1n) is 9.50. The Hall–Kier alpha value is -2.24. The highest BCUT2D eigenvalue weighted by Gasteiger charge is 2.32. The first-order chi connectivity index (χ1) is 13.5. The van der Waals surface area contributed by atoms with E-state index in [0.717, 1.165) is 19.3 Å². The van der Waals surface area contributed by atoms with Crippen LogP contribution in [0.25, 0.3) is 0 Å². The van der Waals surface area contributed by atoms with Gasteiger partial charge in [-0.1, -0.05) is 48.0 Å². The summed E-state index contributed by atoms with van der Waals surface area (Å²) in [5.74, 6) is -1.31. The van der Waals surface area contributed by atoms with Crippen LogP contribution in [0, 0.1) is 11.7 Å². The van der Waals surface area contributed by atoms with E-state index in [9.17, 15) is 14.0 Å². The molecule has 3 rings (SSSR count). The molecule has 0 radical (unpaired) electrons. The van der Waals surface area contributed by atoms with Gasteiger partial charge < -0.3 is 11.1 Å². The van der Waals surface area contributed by atoms with Gasteiger partial charge in [-0.2, -0.15) is 0 Å². The Morgan fingerprint density at radius 1 is 1.14 bits per heavy atom. The number of carbonyl (C=O) groups excluding carboxylic acids is 2. The molecule has 1 fully saturated rings. The Kier molecular flexibility index (Phi) is 6.81. The molecule has 1 aliphatic carbocycles. The lowest BCUT2D eigenvalue weighted by molar-refractivity contribution is -0.138. The highest BCUT2D eigenvalue weighted by Crippen LogP contribution is 2.36. The smallest absolute Gasteiger partial charge is 0.287 e. The van der Waals surface area contributed by atoms with Crippen molar-refractivity contribution in [3.8, 4) is 0 Å². The predicted octanol–water partition coefficient (Wildman–Crippen LogP) is 3.62. The molecule has 2 aromatic rings. The van der Waals surface area contributed by atoms with E-state index in [2.05, 4.69) is 17.4 Å². The summed E-state index contributed by atoms with van der Waals surface area (Å²) in [6, 6.07) is 14.3. The zero-order valence-electron chi connectivity index (χ0n) is 15.5. The minimum Gasteiger partial charge on any atom is -0.346 e. The molecule has 1 saturated carbocycles. The Morgan fingerprint density at radius 2 is 1.89 bits per heavy atom. The standard InChI is InChI=1S/C22H24ClFN2O2/c23-18-8-6-14(10-19(18)24)11-21(27)22(28)26-20-9-7-16(12-17(20)13-25)15-4-2-1-3-5-15/h1-6,8,10,16-17,20H,7,9,11-13,25H2,(H,26,28). The van der Waals surface area contributed by atoms with Gasteiger partial charge in [0.15, 0.2) is 0 Å². The van der Waals surface area contributed by atoms with Gasteiger partial charge >= 0.3 is 0 Å². The van der Waals surface area contributed by atoms with Crippen LogP contribution in [-0.4, -0.2) is 24.3 Å². The van der Waals surface area contributed by atoms with Gasteiger partial charge in [0.2, 0.25) is 5.78 Å². The molecule has 28 heavy (non-hydrogen) atoms. The molecule has 0 aliphatic heterocycles. The van der Waals surface area contributed by atoms with Crippen LogP contribution in [0.4, 0.5) is 4.39 Å². The van der Waals surface area contributed by atoms with Crippen LogP contribution in [0.15, 0.2) is 48.5 Å². The third-order valence-corrected chi connectivity index (χ3v) is 5.78. The summed E-state index contributed by atoms with van der Waals surface area (Å²) >= 11 is 5.65. The molecular weight excluding hydrogens is 379 g/mol. The Labute approximate surface area is 169 Å². The number of hydrogen-bond donors (Lipinski definition) is 2. The van der Waals surface area contributed by atoms with E-state index in [4.69, 9.17) is 17.3 Å². The highest BCUT2D eigenvalue weighted by molar-refractivity contribution is 6.36. The number of amides is 1. The molecule has 6 heteroatoms. The number of nitrogens with two attached hydrogens (primary N) is 1. The zero-order chi connectivity index (χ0) is 20.1. The fraction of sp³-hybridized carbons (Fsp3) is 0.364. The van der Waals surface area contributed by atoms with E-state index in [1.165, 1.54) is 17.7 Å². The molecule has 0 saturated heterocycles. The summed E-state index contributed by atoms with van der Waals surface area (Å²) in [5, 5.41) is 2.84. The number of Topliss-reactive ketones (excluding diaryl/α,β-unsaturated/α-hetero) is 1. The summed E-state index contributed by atoms with van der Waals surface area (Å²) in [6.45, 7) is 0.449.